The van der Waals surface area contributed by atoms with Gasteiger partial charge in [-0.2, -0.15) is 0 Å². The lowest BCUT2D eigenvalue weighted by atomic mass is 10.2. The molecule has 0 radical (unpaired) electrons. The molecule has 0 aromatic rings. The molecule has 0 saturated carbocycles. The van der Waals surface area contributed by atoms with Gasteiger partial charge in [-0.15, -0.1) is 24.8 Å². The predicted molar refractivity (Wildman–Crippen MR) is 50.8 cm³/mol. The van der Waals surface area contributed by atoms with Crippen LogP contribution in [0.2, 0.25) is 0 Å². The van der Waals surface area contributed by atoms with Crippen molar-refractivity contribution in [3.8, 4) is 0 Å². The van der Waals surface area contributed by atoms with E-state index in [0.29, 0.717) is 6.04 Å². The summed E-state index contributed by atoms with van der Waals surface area (Å²) in [5, 5.41) is 3.32. The number of rotatable bonds is 2. The van der Waals surface area contributed by atoms with Crippen LogP contribution < -0.4 is 11.1 Å². The summed E-state index contributed by atoms with van der Waals surface area (Å²) in [6.45, 7) is 3.41. The number of nitrogens with two attached hydrogens (primary N) is 1. The summed E-state index contributed by atoms with van der Waals surface area (Å²) < 4.78 is 5.22. The molecule has 1 aliphatic rings. The molecule has 1 fully saturated rings. The molecule has 1 saturated heterocycles. The summed E-state index contributed by atoms with van der Waals surface area (Å²) in [6.07, 6.45) is 1.03. The number of nitrogens with one attached hydrogen (secondary N) is 1. The van der Waals surface area contributed by atoms with Crippen molar-refractivity contribution in [3.63, 3.8) is 0 Å². The molecule has 0 aliphatic carbocycles. The van der Waals surface area contributed by atoms with Crippen LogP contribution in [0.25, 0.3) is 0 Å². The van der Waals surface area contributed by atoms with Crippen molar-refractivity contribution < 1.29 is 4.74 Å². The molecule has 5 heteroatoms. The Balaban J connectivity index is 0. The van der Waals surface area contributed by atoms with Crippen molar-refractivity contribution in [2.45, 2.75) is 12.5 Å². The van der Waals surface area contributed by atoms with E-state index in [4.69, 9.17) is 10.5 Å². The molecule has 0 amide bonds. The lowest BCUT2D eigenvalue weighted by Gasteiger charge is -2.22. The van der Waals surface area contributed by atoms with Crippen LogP contribution in [0, 0.1) is 0 Å². The molecule has 0 aromatic carbocycles. The molecule has 1 atom stereocenters. The SMILES string of the molecule is Cl.Cl.NCCC1COCCN1. The van der Waals surface area contributed by atoms with Crippen LogP contribution in [0.5, 0.6) is 0 Å². The zero-order chi connectivity index (χ0) is 6.53. The maximum absolute atomic E-state index is 5.36. The molecule has 3 nitrogen and oxygen atoms in total. The first kappa shape index (κ1) is 14.0. The predicted octanol–water partition coefficient (Wildman–Crippen LogP) is 0.167. The van der Waals surface area contributed by atoms with Crippen LogP contribution in [0.4, 0.5) is 0 Å². The Hall–Kier alpha value is 0.460. The molecule has 11 heavy (non-hydrogen) atoms. The van der Waals surface area contributed by atoms with E-state index in [2.05, 4.69) is 5.32 Å². The van der Waals surface area contributed by atoms with Crippen LogP contribution in [-0.4, -0.2) is 32.3 Å². The minimum atomic E-state index is 0. The first-order valence-electron chi connectivity index (χ1n) is 3.44. The van der Waals surface area contributed by atoms with Crippen LogP contribution in [0.3, 0.4) is 0 Å². The molecule has 0 aromatic heterocycles. The fourth-order valence-electron chi connectivity index (χ4n) is 1.01. The lowest BCUT2D eigenvalue weighted by molar-refractivity contribution is 0.0750. The summed E-state index contributed by atoms with van der Waals surface area (Å²) in [5.41, 5.74) is 5.36. The Morgan fingerprint density at radius 1 is 1.45 bits per heavy atom. The second-order valence-electron chi connectivity index (χ2n) is 2.30. The molecule has 0 spiro atoms. The molecule has 1 aliphatic heterocycles. The van der Waals surface area contributed by atoms with Crippen molar-refractivity contribution in [3.05, 3.63) is 0 Å². The molecular formula is C6H16Cl2N2O. The first-order valence-corrected chi connectivity index (χ1v) is 3.44. The van der Waals surface area contributed by atoms with E-state index in [0.717, 1.165) is 32.7 Å². The first-order chi connectivity index (χ1) is 4.43. The third-order valence-corrected chi connectivity index (χ3v) is 1.51. The number of hydrogen-bond acceptors (Lipinski definition) is 3. The van der Waals surface area contributed by atoms with E-state index >= 15 is 0 Å². The van der Waals surface area contributed by atoms with E-state index in [1.807, 2.05) is 0 Å². The molecule has 1 heterocycles. The van der Waals surface area contributed by atoms with Crippen molar-refractivity contribution in [2.75, 3.05) is 26.3 Å². The molecule has 1 unspecified atom stereocenters. The maximum Gasteiger partial charge on any atom is 0.0620 e. The summed E-state index contributed by atoms with van der Waals surface area (Å²) in [6, 6.07) is 0.503. The average Bonchev–Trinajstić information content (AvgIpc) is 1.91. The molecule has 0 bridgehead atoms. The monoisotopic (exact) mass is 202 g/mol. The zero-order valence-corrected chi connectivity index (χ0v) is 8.05. The van der Waals surface area contributed by atoms with Gasteiger partial charge in [0.15, 0.2) is 0 Å². The Kier molecular flexibility index (Phi) is 10.9. The Morgan fingerprint density at radius 3 is 2.64 bits per heavy atom. The van der Waals surface area contributed by atoms with Gasteiger partial charge < -0.3 is 15.8 Å². The highest BCUT2D eigenvalue weighted by molar-refractivity contribution is 5.85. The normalized spacial score (nSPS) is 23.2. The molecule has 3 N–H and O–H groups in total. The standard InChI is InChI=1S/C6H14N2O.2ClH/c7-2-1-6-5-9-4-3-8-6;;/h6,8H,1-5,7H2;2*1H. The van der Waals surface area contributed by atoms with Crippen molar-refractivity contribution in [1.29, 1.82) is 0 Å². The minimum absolute atomic E-state index is 0. The fourth-order valence-corrected chi connectivity index (χ4v) is 1.01. The second kappa shape index (κ2) is 8.56. The Bertz CT molecular complexity index is 76.2. The van der Waals surface area contributed by atoms with Gasteiger partial charge >= 0.3 is 0 Å². The third-order valence-electron chi connectivity index (χ3n) is 1.51. The van der Waals surface area contributed by atoms with Gasteiger partial charge in [0.25, 0.3) is 0 Å². The summed E-state index contributed by atoms with van der Waals surface area (Å²) in [5.74, 6) is 0. The van der Waals surface area contributed by atoms with Crippen LogP contribution in [-0.2, 0) is 4.74 Å². The fraction of sp³-hybridized carbons (Fsp3) is 1.00. The smallest absolute Gasteiger partial charge is 0.0620 e. The van der Waals surface area contributed by atoms with E-state index in [1.165, 1.54) is 0 Å². The van der Waals surface area contributed by atoms with Crippen molar-refractivity contribution >= 4 is 24.8 Å². The highest BCUT2D eigenvalue weighted by Crippen LogP contribution is 1.95. The van der Waals surface area contributed by atoms with Gasteiger partial charge in [0.05, 0.1) is 13.2 Å². The van der Waals surface area contributed by atoms with Gasteiger partial charge in [-0.3, -0.25) is 0 Å². The van der Waals surface area contributed by atoms with Crippen molar-refractivity contribution in [2.24, 2.45) is 5.73 Å². The van der Waals surface area contributed by atoms with Gasteiger partial charge in [-0.1, -0.05) is 0 Å². The van der Waals surface area contributed by atoms with Gasteiger partial charge in [-0.05, 0) is 13.0 Å². The number of ether oxygens (including phenoxy) is 1. The van der Waals surface area contributed by atoms with Crippen molar-refractivity contribution in [1.82, 2.24) is 5.32 Å². The highest BCUT2D eigenvalue weighted by atomic mass is 35.5. The van der Waals surface area contributed by atoms with Crippen LogP contribution >= 0.6 is 24.8 Å². The topological polar surface area (TPSA) is 47.3 Å². The third kappa shape index (κ3) is 5.70. The molecule has 1 rings (SSSR count). The van der Waals surface area contributed by atoms with Crippen LogP contribution in [0.15, 0.2) is 0 Å². The van der Waals surface area contributed by atoms with E-state index < -0.39 is 0 Å². The average molecular weight is 203 g/mol. The molecule has 70 valence electrons. The van der Waals surface area contributed by atoms with Crippen LogP contribution in [0.1, 0.15) is 6.42 Å². The zero-order valence-electron chi connectivity index (χ0n) is 6.41. The number of hydrogen-bond donors (Lipinski definition) is 2. The van der Waals surface area contributed by atoms with Gasteiger partial charge in [0.1, 0.15) is 0 Å². The summed E-state index contributed by atoms with van der Waals surface area (Å²) in [4.78, 5) is 0. The van der Waals surface area contributed by atoms with Gasteiger partial charge in [0, 0.05) is 12.6 Å². The Morgan fingerprint density at radius 2 is 2.18 bits per heavy atom. The highest BCUT2D eigenvalue weighted by Gasteiger charge is 2.10. The van der Waals surface area contributed by atoms with Gasteiger partial charge in [-0.25, -0.2) is 0 Å². The number of halogens is 2. The Labute approximate surface area is 79.9 Å². The van der Waals surface area contributed by atoms with E-state index in [9.17, 15) is 0 Å². The molecular weight excluding hydrogens is 187 g/mol. The summed E-state index contributed by atoms with van der Waals surface area (Å²) >= 11 is 0. The summed E-state index contributed by atoms with van der Waals surface area (Å²) in [7, 11) is 0. The van der Waals surface area contributed by atoms with Gasteiger partial charge in [0.2, 0.25) is 0 Å². The largest absolute Gasteiger partial charge is 0.379 e. The lowest BCUT2D eigenvalue weighted by Crippen LogP contribution is -2.42. The maximum atomic E-state index is 5.36. The quantitative estimate of drug-likeness (QED) is 0.672. The van der Waals surface area contributed by atoms with E-state index in [-0.39, 0.29) is 24.8 Å². The minimum Gasteiger partial charge on any atom is -0.379 e. The number of morpholine rings is 1. The second-order valence-corrected chi connectivity index (χ2v) is 2.30. The van der Waals surface area contributed by atoms with E-state index in [1.54, 1.807) is 0 Å².